The largest absolute Gasteiger partial charge is 0.396 e. The molecule has 0 spiro atoms. The van der Waals surface area contributed by atoms with Crippen molar-refractivity contribution in [3.8, 4) is 0 Å². The Morgan fingerprint density at radius 3 is 2.65 bits per heavy atom. The zero-order valence-electron chi connectivity index (χ0n) is 11.0. The molecule has 1 saturated heterocycles. The third kappa shape index (κ3) is 6.00. The van der Waals surface area contributed by atoms with Gasteiger partial charge < -0.3 is 15.7 Å². The van der Waals surface area contributed by atoms with E-state index in [1.807, 2.05) is 13.8 Å². The number of carbonyl (C=O) groups excluding carboxylic acids is 1. The molecular formula is C12H25N3O2. The van der Waals surface area contributed by atoms with Crippen LogP contribution in [0.5, 0.6) is 0 Å². The van der Waals surface area contributed by atoms with Crippen LogP contribution in [0.2, 0.25) is 0 Å². The molecule has 1 aliphatic rings. The number of nitrogens with zero attached hydrogens (tertiary/aromatic N) is 1. The van der Waals surface area contributed by atoms with Crippen LogP contribution in [0.1, 0.15) is 20.3 Å². The van der Waals surface area contributed by atoms with Gasteiger partial charge in [0.05, 0.1) is 6.54 Å². The maximum atomic E-state index is 11.7. The fourth-order valence-electron chi connectivity index (χ4n) is 1.86. The molecule has 0 saturated carbocycles. The predicted octanol–water partition coefficient (Wildman–Crippen LogP) is -0.584. The summed E-state index contributed by atoms with van der Waals surface area (Å²) in [5.74, 6) is 0.0814. The van der Waals surface area contributed by atoms with E-state index in [0.29, 0.717) is 19.5 Å². The summed E-state index contributed by atoms with van der Waals surface area (Å²) < 4.78 is 0. The number of carbonyl (C=O) groups is 1. The van der Waals surface area contributed by atoms with Gasteiger partial charge >= 0.3 is 0 Å². The molecule has 0 aromatic rings. The highest BCUT2D eigenvalue weighted by molar-refractivity contribution is 5.78. The van der Waals surface area contributed by atoms with E-state index in [0.717, 1.165) is 26.2 Å². The highest BCUT2D eigenvalue weighted by Gasteiger charge is 2.19. The van der Waals surface area contributed by atoms with Crippen molar-refractivity contribution in [2.45, 2.75) is 20.3 Å². The molecule has 100 valence electrons. The number of nitrogens with one attached hydrogen (secondary N) is 2. The Morgan fingerprint density at radius 2 is 2.06 bits per heavy atom. The molecule has 1 heterocycles. The van der Waals surface area contributed by atoms with Crippen molar-refractivity contribution in [1.29, 1.82) is 0 Å². The normalized spacial score (nSPS) is 18.1. The van der Waals surface area contributed by atoms with Crippen LogP contribution < -0.4 is 10.6 Å². The second-order valence-electron chi connectivity index (χ2n) is 5.44. The number of hydrogen-bond donors (Lipinski definition) is 3. The average molecular weight is 243 g/mol. The Bertz CT molecular complexity index is 238. The summed E-state index contributed by atoms with van der Waals surface area (Å²) in [6, 6.07) is 0. The van der Waals surface area contributed by atoms with E-state index < -0.39 is 0 Å². The minimum Gasteiger partial charge on any atom is -0.396 e. The van der Waals surface area contributed by atoms with E-state index in [2.05, 4.69) is 15.5 Å². The summed E-state index contributed by atoms with van der Waals surface area (Å²) in [6.45, 7) is 9.17. The highest BCUT2D eigenvalue weighted by Crippen LogP contribution is 2.17. The number of aliphatic hydroxyl groups is 1. The number of hydrogen-bond acceptors (Lipinski definition) is 4. The SMILES string of the molecule is CC(C)(CCO)CNC(=O)CN1CCNCC1. The molecule has 0 aromatic heterocycles. The van der Waals surface area contributed by atoms with Gasteiger partial charge in [0.15, 0.2) is 0 Å². The first-order valence-corrected chi connectivity index (χ1v) is 6.34. The highest BCUT2D eigenvalue weighted by atomic mass is 16.3. The van der Waals surface area contributed by atoms with Crippen molar-refractivity contribution in [3.63, 3.8) is 0 Å². The fraction of sp³-hybridized carbons (Fsp3) is 0.917. The number of rotatable bonds is 6. The molecule has 1 rings (SSSR count). The second kappa shape index (κ2) is 6.93. The van der Waals surface area contributed by atoms with Crippen molar-refractivity contribution in [3.05, 3.63) is 0 Å². The van der Waals surface area contributed by atoms with Gasteiger partial charge in [-0.2, -0.15) is 0 Å². The fourth-order valence-corrected chi connectivity index (χ4v) is 1.86. The first-order chi connectivity index (χ1) is 8.03. The van der Waals surface area contributed by atoms with Crippen LogP contribution in [0, 0.1) is 5.41 Å². The van der Waals surface area contributed by atoms with Gasteiger partial charge in [0.25, 0.3) is 0 Å². The van der Waals surface area contributed by atoms with Crippen LogP contribution in [-0.2, 0) is 4.79 Å². The lowest BCUT2D eigenvalue weighted by molar-refractivity contribution is -0.122. The standard InChI is InChI=1S/C12H25N3O2/c1-12(2,3-8-16)10-14-11(17)9-15-6-4-13-5-7-15/h13,16H,3-10H2,1-2H3,(H,14,17). The van der Waals surface area contributed by atoms with Gasteiger partial charge in [-0.25, -0.2) is 0 Å². The third-order valence-electron chi connectivity index (χ3n) is 3.13. The van der Waals surface area contributed by atoms with E-state index in [-0.39, 0.29) is 17.9 Å². The summed E-state index contributed by atoms with van der Waals surface area (Å²) in [6.07, 6.45) is 0.709. The topological polar surface area (TPSA) is 64.6 Å². The van der Waals surface area contributed by atoms with Crippen molar-refractivity contribution in [2.75, 3.05) is 45.9 Å². The lowest BCUT2D eigenvalue weighted by Gasteiger charge is -2.28. The molecule has 0 unspecified atom stereocenters. The van der Waals surface area contributed by atoms with Gasteiger partial charge in [-0.15, -0.1) is 0 Å². The van der Waals surface area contributed by atoms with Crippen LogP contribution in [0.25, 0.3) is 0 Å². The van der Waals surface area contributed by atoms with Gasteiger partial charge in [-0.1, -0.05) is 13.8 Å². The Morgan fingerprint density at radius 1 is 1.41 bits per heavy atom. The van der Waals surface area contributed by atoms with E-state index in [1.165, 1.54) is 0 Å². The average Bonchev–Trinajstić information content (AvgIpc) is 2.28. The molecule has 3 N–H and O–H groups in total. The predicted molar refractivity (Wildman–Crippen MR) is 67.8 cm³/mol. The molecule has 1 aliphatic heterocycles. The molecule has 0 aromatic carbocycles. The Balaban J connectivity index is 2.20. The summed E-state index contributed by atoms with van der Waals surface area (Å²) >= 11 is 0. The van der Waals surface area contributed by atoms with Crippen molar-refractivity contribution in [2.24, 2.45) is 5.41 Å². The molecule has 1 amide bonds. The molecule has 0 radical (unpaired) electrons. The smallest absolute Gasteiger partial charge is 0.234 e. The second-order valence-corrected chi connectivity index (χ2v) is 5.44. The van der Waals surface area contributed by atoms with Crippen LogP contribution in [0.3, 0.4) is 0 Å². The van der Waals surface area contributed by atoms with Gasteiger partial charge in [-0.3, -0.25) is 9.69 Å². The molecular weight excluding hydrogens is 218 g/mol. The minimum atomic E-state index is -0.0339. The summed E-state index contributed by atoms with van der Waals surface area (Å²) in [5, 5.41) is 15.1. The Hall–Kier alpha value is -0.650. The van der Waals surface area contributed by atoms with Crippen LogP contribution in [0.15, 0.2) is 0 Å². The summed E-state index contributed by atoms with van der Waals surface area (Å²) in [5.41, 5.74) is -0.0339. The van der Waals surface area contributed by atoms with E-state index in [4.69, 9.17) is 5.11 Å². The van der Waals surface area contributed by atoms with Gasteiger partial charge in [0, 0.05) is 39.3 Å². The van der Waals surface area contributed by atoms with Gasteiger partial charge in [-0.05, 0) is 11.8 Å². The van der Waals surface area contributed by atoms with Crippen molar-refractivity contribution in [1.82, 2.24) is 15.5 Å². The number of piperazine rings is 1. The van der Waals surface area contributed by atoms with Crippen molar-refractivity contribution < 1.29 is 9.90 Å². The van der Waals surface area contributed by atoms with E-state index in [9.17, 15) is 4.79 Å². The quantitative estimate of drug-likeness (QED) is 0.584. The first-order valence-electron chi connectivity index (χ1n) is 6.34. The molecule has 1 fully saturated rings. The summed E-state index contributed by atoms with van der Waals surface area (Å²) in [7, 11) is 0. The molecule has 5 nitrogen and oxygen atoms in total. The van der Waals surface area contributed by atoms with E-state index >= 15 is 0 Å². The third-order valence-corrected chi connectivity index (χ3v) is 3.13. The minimum absolute atomic E-state index is 0.0339. The van der Waals surface area contributed by atoms with Gasteiger partial charge in [0.1, 0.15) is 0 Å². The van der Waals surface area contributed by atoms with Crippen LogP contribution >= 0.6 is 0 Å². The zero-order chi connectivity index (χ0) is 12.7. The monoisotopic (exact) mass is 243 g/mol. The molecule has 0 aliphatic carbocycles. The number of aliphatic hydroxyl groups excluding tert-OH is 1. The van der Waals surface area contributed by atoms with Gasteiger partial charge in [0.2, 0.25) is 5.91 Å². The van der Waals surface area contributed by atoms with Crippen molar-refractivity contribution >= 4 is 5.91 Å². The maximum Gasteiger partial charge on any atom is 0.234 e. The lowest BCUT2D eigenvalue weighted by atomic mass is 9.90. The van der Waals surface area contributed by atoms with Crippen LogP contribution in [0.4, 0.5) is 0 Å². The van der Waals surface area contributed by atoms with E-state index in [1.54, 1.807) is 0 Å². The molecule has 0 atom stereocenters. The van der Waals surface area contributed by atoms with Crippen LogP contribution in [-0.4, -0.2) is 61.8 Å². The first kappa shape index (κ1) is 14.4. The zero-order valence-corrected chi connectivity index (χ0v) is 11.0. The molecule has 0 bridgehead atoms. The number of amides is 1. The Labute approximate surface area is 104 Å². The molecule has 17 heavy (non-hydrogen) atoms. The molecule has 5 heteroatoms. The lowest BCUT2D eigenvalue weighted by Crippen LogP contribution is -2.48. The summed E-state index contributed by atoms with van der Waals surface area (Å²) in [4.78, 5) is 13.9. The maximum absolute atomic E-state index is 11.7. The Kier molecular flexibility index (Phi) is 5.88.